The average Bonchev–Trinajstić information content (AvgIpc) is 3.14. The number of hydrogen-bond acceptors (Lipinski definition) is 6. The molecule has 1 aliphatic rings. The number of esters is 1. The van der Waals surface area contributed by atoms with Crippen LogP contribution in [0.5, 0.6) is 11.5 Å². The Balaban J connectivity index is 1.47. The van der Waals surface area contributed by atoms with E-state index in [9.17, 15) is 18.8 Å². The van der Waals surface area contributed by atoms with Crippen LogP contribution < -0.4 is 20.1 Å². The van der Waals surface area contributed by atoms with Gasteiger partial charge in [0.05, 0.1) is 5.56 Å². The summed E-state index contributed by atoms with van der Waals surface area (Å²) in [5.41, 5.74) is 0.258. The summed E-state index contributed by atoms with van der Waals surface area (Å²) >= 11 is 0. The fourth-order valence-electron chi connectivity index (χ4n) is 2.40. The number of anilines is 1. The highest BCUT2D eigenvalue weighted by atomic mass is 19.1. The van der Waals surface area contributed by atoms with Crippen molar-refractivity contribution in [3.8, 4) is 11.5 Å². The Morgan fingerprint density at radius 2 is 1.89 bits per heavy atom. The van der Waals surface area contributed by atoms with Gasteiger partial charge in [-0.05, 0) is 31.2 Å². The second-order valence-corrected chi connectivity index (χ2v) is 5.85. The topological polar surface area (TPSA) is 103 Å². The third-order valence-corrected chi connectivity index (χ3v) is 3.83. The van der Waals surface area contributed by atoms with Crippen LogP contribution >= 0.6 is 0 Å². The molecule has 2 aromatic rings. The summed E-state index contributed by atoms with van der Waals surface area (Å²) in [6.45, 7) is 0.993. The zero-order chi connectivity index (χ0) is 20.1. The lowest BCUT2D eigenvalue weighted by atomic mass is 10.2. The van der Waals surface area contributed by atoms with Gasteiger partial charge in [-0.15, -0.1) is 0 Å². The largest absolute Gasteiger partial charge is 0.454 e. The fourth-order valence-corrected chi connectivity index (χ4v) is 2.40. The molecule has 0 aromatic heterocycles. The Bertz CT molecular complexity index is 917. The Kier molecular flexibility index (Phi) is 5.73. The lowest BCUT2D eigenvalue weighted by Gasteiger charge is -2.14. The van der Waals surface area contributed by atoms with Gasteiger partial charge in [0, 0.05) is 11.8 Å². The number of carbonyl (C=O) groups is 3. The molecule has 1 atom stereocenters. The van der Waals surface area contributed by atoms with Crippen LogP contribution in [-0.2, 0) is 14.3 Å². The number of fused-ring (bicyclic) bond motifs is 1. The van der Waals surface area contributed by atoms with Crippen molar-refractivity contribution < 1.29 is 33.0 Å². The van der Waals surface area contributed by atoms with E-state index in [4.69, 9.17) is 14.2 Å². The van der Waals surface area contributed by atoms with E-state index >= 15 is 0 Å². The molecule has 0 aliphatic carbocycles. The van der Waals surface area contributed by atoms with Crippen molar-refractivity contribution in [2.45, 2.75) is 13.0 Å². The van der Waals surface area contributed by atoms with E-state index in [1.54, 1.807) is 18.2 Å². The molecule has 0 fully saturated rings. The summed E-state index contributed by atoms with van der Waals surface area (Å²) in [4.78, 5) is 35.9. The third kappa shape index (κ3) is 4.56. The Hall–Kier alpha value is -3.62. The van der Waals surface area contributed by atoms with Gasteiger partial charge in [0.25, 0.3) is 11.8 Å². The highest BCUT2D eigenvalue weighted by Gasteiger charge is 2.20. The first-order valence-corrected chi connectivity index (χ1v) is 8.37. The summed E-state index contributed by atoms with van der Waals surface area (Å²) in [6.07, 6.45) is -1.11. The Morgan fingerprint density at radius 1 is 1.14 bits per heavy atom. The standard InChI is InChI=1S/C19H17FN2O6/c1-11(18(24)22-12-6-7-15-16(8-12)27-10-26-15)28-17(23)9-21-19(25)13-4-2-3-5-14(13)20/h2-8,11H,9-10H2,1H3,(H,21,25)(H,22,24)/t11-/m1/s1. The number of halogens is 1. The van der Waals surface area contributed by atoms with E-state index in [1.807, 2.05) is 0 Å². The number of carbonyl (C=O) groups excluding carboxylic acids is 3. The van der Waals surface area contributed by atoms with Gasteiger partial charge in [0.1, 0.15) is 12.4 Å². The molecule has 0 saturated heterocycles. The van der Waals surface area contributed by atoms with Crippen LogP contribution in [0, 0.1) is 5.82 Å². The molecule has 9 heteroatoms. The highest BCUT2D eigenvalue weighted by Crippen LogP contribution is 2.34. The van der Waals surface area contributed by atoms with Crippen molar-refractivity contribution in [2.75, 3.05) is 18.7 Å². The van der Waals surface area contributed by atoms with E-state index in [0.717, 1.165) is 6.07 Å². The number of nitrogens with one attached hydrogen (secondary N) is 2. The van der Waals surface area contributed by atoms with Gasteiger partial charge in [0.15, 0.2) is 17.6 Å². The molecule has 3 rings (SSSR count). The second kappa shape index (κ2) is 8.38. The lowest BCUT2D eigenvalue weighted by Crippen LogP contribution is -2.36. The number of benzene rings is 2. The summed E-state index contributed by atoms with van der Waals surface area (Å²) in [5, 5.41) is 4.83. The molecule has 2 amide bonds. The molecule has 0 bridgehead atoms. The maximum atomic E-state index is 13.5. The molecule has 146 valence electrons. The minimum absolute atomic E-state index is 0.110. The average molecular weight is 388 g/mol. The zero-order valence-electron chi connectivity index (χ0n) is 14.9. The summed E-state index contributed by atoms with van der Waals surface area (Å²) < 4.78 is 28.9. The van der Waals surface area contributed by atoms with Crippen LogP contribution in [0.2, 0.25) is 0 Å². The molecule has 0 unspecified atom stereocenters. The molecule has 1 aliphatic heterocycles. The Labute approximate surface area is 159 Å². The monoisotopic (exact) mass is 388 g/mol. The van der Waals surface area contributed by atoms with Crippen molar-refractivity contribution in [2.24, 2.45) is 0 Å². The quantitative estimate of drug-likeness (QED) is 0.733. The number of amides is 2. The van der Waals surface area contributed by atoms with Gasteiger partial charge in [-0.2, -0.15) is 0 Å². The van der Waals surface area contributed by atoms with Crippen LogP contribution in [-0.4, -0.2) is 37.2 Å². The van der Waals surface area contributed by atoms with Crippen molar-refractivity contribution in [1.82, 2.24) is 5.32 Å². The van der Waals surface area contributed by atoms with Crippen molar-refractivity contribution >= 4 is 23.5 Å². The third-order valence-electron chi connectivity index (χ3n) is 3.83. The van der Waals surface area contributed by atoms with Gasteiger partial charge in [-0.1, -0.05) is 12.1 Å². The zero-order valence-corrected chi connectivity index (χ0v) is 14.9. The molecule has 2 aromatic carbocycles. The molecule has 0 saturated carbocycles. The van der Waals surface area contributed by atoms with Gasteiger partial charge >= 0.3 is 5.97 Å². The summed E-state index contributed by atoms with van der Waals surface area (Å²) in [7, 11) is 0. The van der Waals surface area contributed by atoms with Crippen LogP contribution in [0.15, 0.2) is 42.5 Å². The van der Waals surface area contributed by atoms with E-state index in [2.05, 4.69) is 10.6 Å². The van der Waals surface area contributed by atoms with E-state index in [-0.39, 0.29) is 12.4 Å². The highest BCUT2D eigenvalue weighted by molar-refractivity contribution is 5.97. The maximum Gasteiger partial charge on any atom is 0.326 e. The molecular weight excluding hydrogens is 371 g/mol. The Morgan fingerprint density at radius 3 is 2.68 bits per heavy atom. The van der Waals surface area contributed by atoms with Crippen LogP contribution in [0.3, 0.4) is 0 Å². The van der Waals surface area contributed by atoms with Gasteiger partial charge in [-0.3, -0.25) is 14.4 Å². The normalized spacial score (nSPS) is 12.8. The number of rotatable bonds is 6. The molecule has 0 spiro atoms. The minimum atomic E-state index is -1.11. The minimum Gasteiger partial charge on any atom is -0.454 e. The first-order chi connectivity index (χ1) is 13.4. The van der Waals surface area contributed by atoms with Crippen LogP contribution in [0.4, 0.5) is 10.1 Å². The molecule has 28 heavy (non-hydrogen) atoms. The first kappa shape index (κ1) is 19.2. The van der Waals surface area contributed by atoms with E-state index in [0.29, 0.717) is 17.2 Å². The van der Waals surface area contributed by atoms with Crippen molar-refractivity contribution in [1.29, 1.82) is 0 Å². The van der Waals surface area contributed by atoms with Crippen LogP contribution in [0.25, 0.3) is 0 Å². The summed E-state index contributed by atoms with van der Waals surface area (Å²) in [5.74, 6) is -1.79. The van der Waals surface area contributed by atoms with Crippen LogP contribution in [0.1, 0.15) is 17.3 Å². The second-order valence-electron chi connectivity index (χ2n) is 5.85. The van der Waals surface area contributed by atoms with E-state index in [1.165, 1.54) is 25.1 Å². The predicted octanol–water partition coefficient (Wildman–Crippen LogP) is 1.85. The van der Waals surface area contributed by atoms with Gasteiger partial charge in [-0.25, -0.2) is 4.39 Å². The maximum absolute atomic E-state index is 13.5. The van der Waals surface area contributed by atoms with Gasteiger partial charge < -0.3 is 24.8 Å². The lowest BCUT2D eigenvalue weighted by molar-refractivity contribution is -0.152. The first-order valence-electron chi connectivity index (χ1n) is 8.37. The molecule has 1 heterocycles. The number of ether oxygens (including phenoxy) is 3. The van der Waals surface area contributed by atoms with Gasteiger partial charge in [0.2, 0.25) is 6.79 Å². The SMILES string of the molecule is C[C@@H](OC(=O)CNC(=O)c1ccccc1F)C(=O)Nc1ccc2c(c1)OCO2. The van der Waals surface area contributed by atoms with Crippen molar-refractivity contribution in [3.05, 3.63) is 53.8 Å². The molecule has 0 radical (unpaired) electrons. The number of hydrogen-bond donors (Lipinski definition) is 2. The fraction of sp³-hybridized carbons (Fsp3) is 0.211. The molecular formula is C19H17FN2O6. The predicted molar refractivity (Wildman–Crippen MR) is 95.5 cm³/mol. The summed E-state index contributed by atoms with van der Waals surface area (Å²) in [6, 6.07) is 10.2. The molecule has 8 nitrogen and oxygen atoms in total. The van der Waals surface area contributed by atoms with Crippen molar-refractivity contribution in [3.63, 3.8) is 0 Å². The van der Waals surface area contributed by atoms with E-state index < -0.39 is 36.2 Å². The smallest absolute Gasteiger partial charge is 0.326 e. The molecule has 2 N–H and O–H groups in total.